The van der Waals surface area contributed by atoms with Crippen molar-refractivity contribution in [3.05, 3.63) is 107 Å². The van der Waals surface area contributed by atoms with Crippen LogP contribution in [-0.2, 0) is 10.3 Å². The van der Waals surface area contributed by atoms with Gasteiger partial charge in [-0.3, -0.25) is 14.6 Å². The zero-order valence-electron chi connectivity index (χ0n) is 26.4. The van der Waals surface area contributed by atoms with Gasteiger partial charge in [-0.25, -0.2) is 4.39 Å². The molecule has 3 aromatic carbocycles. The number of furan rings is 1. The van der Waals surface area contributed by atoms with E-state index in [1.165, 1.54) is 12.1 Å². The quantitative estimate of drug-likeness (QED) is 0.176. The van der Waals surface area contributed by atoms with E-state index in [0.29, 0.717) is 52.4 Å². The normalized spacial score (nSPS) is 16.9. The molecule has 47 heavy (non-hydrogen) atoms. The van der Waals surface area contributed by atoms with Gasteiger partial charge in [-0.05, 0) is 116 Å². The molecule has 1 saturated carbocycles. The van der Waals surface area contributed by atoms with Crippen LogP contribution in [0, 0.1) is 12.7 Å². The van der Waals surface area contributed by atoms with E-state index >= 15 is 0 Å². The van der Waals surface area contributed by atoms with Gasteiger partial charge < -0.3 is 24.5 Å². The summed E-state index contributed by atoms with van der Waals surface area (Å²) in [7, 11) is 1.56. The second kappa shape index (κ2) is 12.6. The van der Waals surface area contributed by atoms with Crippen LogP contribution < -0.4 is 15.4 Å². The Morgan fingerprint density at radius 1 is 1.00 bits per heavy atom. The van der Waals surface area contributed by atoms with Gasteiger partial charge in [0.05, 0.1) is 28.5 Å². The maximum absolute atomic E-state index is 14.1. The number of ether oxygens (including phenoxy) is 2. The number of benzene rings is 3. The summed E-state index contributed by atoms with van der Waals surface area (Å²) in [5.74, 6) is -0.108. The zero-order valence-corrected chi connectivity index (χ0v) is 26.4. The fraction of sp³-hybridized carbons (Fsp3) is 0.289. The van der Waals surface area contributed by atoms with Crippen molar-refractivity contribution in [3.63, 3.8) is 0 Å². The number of aryl methyl sites for hydroxylation is 1. The van der Waals surface area contributed by atoms with Gasteiger partial charge >= 0.3 is 0 Å². The Kier molecular flexibility index (Phi) is 8.24. The number of hydrogen-bond acceptors (Lipinski definition) is 6. The molecule has 2 aromatic heterocycles. The number of hydrogen-bond donors (Lipinski definition) is 2. The second-order valence-corrected chi connectivity index (χ2v) is 12.3. The van der Waals surface area contributed by atoms with Crippen molar-refractivity contribution >= 4 is 22.8 Å². The molecule has 1 unspecified atom stereocenters. The van der Waals surface area contributed by atoms with Gasteiger partial charge in [0.1, 0.15) is 29.5 Å². The molecule has 5 aromatic rings. The third-order valence-corrected chi connectivity index (χ3v) is 9.09. The van der Waals surface area contributed by atoms with Crippen LogP contribution in [0.1, 0.15) is 64.1 Å². The lowest BCUT2D eigenvalue weighted by atomic mass is 9.94. The highest BCUT2D eigenvalue weighted by Crippen LogP contribution is 2.45. The van der Waals surface area contributed by atoms with Gasteiger partial charge in [-0.1, -0.05) is 12.1 Å². The highest BCUT2D eigenvalue weighted by molar-refractivity contribution is 6.12. The van der Waals surface area contributed by atoms with Crippen LogP contribution in [-0.4, -0.2) is 43.2 Å². The van der Waals surface area contributed by atoms with Crippen LogP contribution in [0.15, 0.2) is 83.4 Å². The van der Waals surface area contributed by atoms with Crippen molar-refractivity contribution < 1.29 is 27.9 Å². The van der Waals surface area contributed by atoms with Gasteiger partial charge in [-0.15, -0.1) is 0 Å². The highest BCUT2D eigenvalue weighted by atomic mass is 19.1. The second-order valence-electron chi connectivity index (χ2n) is 12.3. The van der Waals surface area contributed by atoms with Gasteiger partial charge in [0.2, 0.25) is 0 Å². The Morgan fingerprint density at radius 3 is 2.51 bits per heavy atom. The minimum absolute atomic E-state index is 0.0233. The van der Waals surface area contributed by atoms with Crippen molar-refractivity contribution in [2.24, 2.45) is 0 Å². The summed E-state index contributed by atoms with van der Waals surface area (Å²) >= 11 is 0. The molecule has 9 heteroatoms. The van der Waals surface area contributed by atoms with Crippen LogP contribution >= 0.6 is 0 Å². The smallest absolute Gasteiger partial charge is 0.255 e. The molecule has 0 bridgehead atoms. The molecule has 240 valence electrons. The molecule has 2 N–H and O–H groups in total. The van der Waals surface area contributed by atoms with Gasteiger partial charge in [0.15, 0.2) is 0 Å². The van der Waals surface area contributed by atoms with E-state index in [1.807, 2.05) is 55.5 Å². The van der Waals surface area contributed by atoms with Crippen LogP contribution in [0.5, 0.6) is 5.75 Å². The van der Waals surface area contributed by atoms with E-state index in [9.17, 15) is 14.0 Å². The monoisotopic (exact) mass is 633 g/mol. The fourth-order valence-electron chi connectivity index (χ4n) is 6.33. The average molecular weight is 634 g/mol. The third kappa shape index (κ3) is 6.11. The lowest BCUT2D eigenvalue weighted by Crippen LogP contribution is -2.36. The number of amides is 2. The summed E-state index contributed by atoms with van der Waals surface area (Å²) in [5.41, 5.74) is 4.70. The lowest BCUT2D eigenvalue weighted by molar-refractivity contribution is -0.0112. The number of pyridine rings is 1. The van der Waals surface area contributed by atoms with Crippen molar-refractivity contribution in [1.29, 1.82) is 0 Å². The van der Waals surface area contributed by atoms with Crippen LogP contribution in [0.4, 0.5) is 4.39 Å². The Balaban J connectivity index is 1.29. The standard InChI is InChI=1S/C38H36FN3O5/c1-23-19-32(46-22-27-7-4-6-18-45-27)30(36(43)42-38(15-16-38)33-8-3-5-17-41-33)21-28(23)25-11-14-31-29(20-25)34(37(44)40-2)35(47-31)24-9-12-26(39)13-10-24/h3,5,8-14,17,19-21,27H,4,6-7,15-16,18,22H2,1-2H3,(H,40,44)(H,42,43). The van der Waals surface area contributed by atoms with Gasteiger partial charge in [0.25, 0.3) is 11.8 Å². The topological polar surface area (TPSA) is 103 Å². The lowest BCUT2D eigenvalue weighted by Gasteiger charge is -2.24. The maximum Gasteiger partial charge on any atom is 0.255 e. The first-order valence-electron chi connectivity index (χ1n) is 16.0. The minimum Gasteiger partial charge on any atom is -0.490 e. The zero-order chi connectivity index (χ0) is 32.5. The van der Waals surface area contributed by atoms with E-state index < -0.39 is 5.54 Å². The summed E-state index contributed by atoms with van der Waals surface area (Å²) in [6.45, 7) is 3.04. The summed E-state index contributed by atoms with van der Waals surface area (Å²) in [6, 6.07) is 21.0. The molecule has 7 rings (SSSR count). The molecular weight excluding hydrogens is 597 g/mol. The number of carbonyl (C=O) groups excluding carboxylic acids is 2. The van der Waals surface area contributed by atoms with Crippen molar-refractivity contribution in [3.8, 4) is 28.2 Å². The van der Waals surface area contributed by atoms with Crippen molar-refractivity contribution in [2.45, 2.75) is 50.7 Å². The number of nitrogens with one attached hydrogen (secondary N) is 2. The first-order valence-corrected chi connectivity index (χ1v) is 16.0. The first kappa shape index (κ1) is 30.6. The Bertz CT molecular complexity index is 1940. The first-order chi connectivity index (χ1) is 22.8. The van der Waals surface area contributed by atoms with Crippen LogP contribution in [0.3, 0.4) is 0 Å². The van der Waals surface area contributed by atoms with Gasteiger partial charge in [0, 0.05) is 30.8 Å². The molecule has 1 atom stereocenters. The van der Waals surface area contributed by atoms with Crippen LogP contribution in [0.25, 0.3) is 33.4 Å². The molecule has 2 aliphatic rings. The van der Waals surface area contributed by atoms with Crippen molar-refractivity contribution in [1.82, 2.24) is 15.6 Å². The number of nitrogens with zero attached hydrogens (tertiary/aromatic N) is 1. The Hall–Kier alpha value is -5.02. The maximum atomic E-state index is 14.1. The summed E-state index contributed by atoms with van der Waals surface area (Å²) in [4.78, 5) is 31.8. The predicted molar refractivity (Wildman–Crippen MR) is 177 cm³/mol. The number of fused-ring (bicyclic) bond motifs is 1. The Labute approximate surface area is 272 Å². The molecule has 0 radical (unpaired) electrons. The molecule has 2 amide bonds. The predicted octanol–water partition coefficient (Wildman–Crippen LogP) is 7.34. The molecule has 8 nitrogen and oxygen atoms in total. The Morgan fingerprint density at radius 2 is 1.81 bits per heavy atom. The largest absolute Gasteiger partial charge is 0.490 e. The van der Waals surface area contributed by atoms with Gasteiger partial charge in [-0.2, -0.15) is 0 Å². The molecule has 0 spiro atoms. The van der Waals surface area contributed by atoms with E-state index in [2.05, 4.69) is 15.6 Å². The highest BCUT2D eigenvalue weighted by Gasteiger charge is 2.47. The summed E-state index contributed by atoms with van der Waals surface area (Å²) in [6.07, 6.45) is 6.37. The number of rotatable bonds is 9. The van der Waals surface area contributed by atoms with E-state index in [0.717, 1.165) is 54.5 Å². The van der Waals surface area contributed by atoms with E-state index in [4.69, 9.17) is 13.9 Å². The summed E-state index contributed by atoms with van der Waals surface area (Å²) < 4.78 is 32.1. The molecule has 2 fully saturated rings. The summed E-state index contributed by atoms with van der Waals surface area (Å²) in [5, 5.41) is 6.57. The number of halogens is 1. The van der Waals surface area contributed by atoms with Crippen molar-refractivity contribution in [2.75, 3.05) is 20.3 Å². The average Bonchev–Trinajstić information content (AvgIpc) is 3.79. The third-order valence-electron chi connectivity index (χ3n) is 9.09. The number of carbonyl (C=O) groups is 2. The molecule has 3 heterocycles. The SMILES string of the molecule is CNC(=O)c1c(-c2ccc(F)cc2)oc2ccc(-c3cc(C(=O)NC4(c5ccccn5)CC4)c(OCC4CCCCO4)cc3C)cc12. The molecule has 1 aliphatic carbocycles. The minimum atomic E-state index is -0.512. The van der Waals surface area contributed by atoms with Crippen LogP contribution in [0.2, 0.25) is 0 Å². The van der Waals surface area contributed by atoms with E-state index in [1.54, 1.807) is 25.4 Å². The molecular formula is C38H36FN3O5. The fourth-order valence-corrected chi connectivity index (χ4v) is 6.33. The molecule has 1 saturated heterocycles. The number of aromatic nitrogens is 1. The molecule has 1 aliphatic heterocycles. The van der Waals surface area contributed by atoms with E-state index in [-0.39, 0.29) is 23.7 Å².